The fourth-order valence-corrected chi connectivity index (χ4v) is 4.39. The number of nitrogens with two attached hydrogens (primary N) is 1. The molecule has 2 rings (SSSR count). The van der Waals surface area contributed by atoms with Crippen molar-refractivity contribution in [1.29, 1.82) is 0 Å². The van der Waals surface area contributed by atoms with Crippen LogP contribution < -0.4 is 5.73 Å². The Morgan fingerprint density at radius 3 is 2.63 bits per heavy atom. The van der Waals surface area contributed by atoms with Gasteiger partial charge in [0, 0.05) is 12.1 Å². The number of hydrogen-bond donors (Lipinski definition) is 1. The number of likely N-dealkylation sites (tertiary alicyclic amines) is 1. The van der Waals surface area contributed by atoms with E-state index in [1.54, 1.807) is 0 Å². The first-order valence-electron chi connectivity index (χ1n) is 8.81. The van der Waals surface area contributed by atoms with Crippen molar-refractivity contribution in [3.8, 4) is 0 Å². The van der Waals surface area contributed by atoms with Crippen LogP contribution in [0.2, 0.25) is 0 Å². The average Bonchev–Trinajstić information content (AvgIpc) is 2.66. The predicted molar refractivity (Wildman–Crippen MR) is 83.3 cm³/mol. The molecule has 3 unspecified atom stereocenters. The molecular weight excluding hydrogens is 232 g/mol. The molecule has 0 aromatic carbocycles. The molecule has 2 N–H and O–H groups in total. The molecule has 0 radical (unpaired) electrons. The SMILES string of the molecule is CCCC1CCCC(N2CCCCC2CCN)CC1. The molecule has 112 valence electrons. The molecule has 2 aliphatic rings. The maximum absolute atomic E-state index is 5.82. The zero-order valence-corrected chi connectivity index (χ0v) is 12.9. The quantitative estimate of drug-likeness (QED) is 0.764. The number of rotatable bonds is 5. The molecule has 2 fully saturated rings. The van der Waals surface area contributed by atoms with Gasteiger partial charge in [-0.1, -0.05) is 39.0 Å². The van der Waals surface area contributed by atoms with E-state index < -0.39 is 0 Å². The molecule has 2 nitrogen and oxygen atoms in total. The molecule has 2 heteroatoms. The number of piperidine rings is 1. The van der Waals surface area contributed by atoms with E-state index >= 15 is 0 Å². The van der Waals surface area contributed by atoms with Gasteiger partial charge in [-0.25, -0.2) is 0 Å². The van der Waals surface area contributed by atoms with Crippen LogP contribution in [-0.4, -0.2) is 30.1 Å². The minimum atomic E-state index is 0.798. The van der Waals surface area contributed by atoms with Gasteiger partial charge in [0.1, 0.15) is 0 Å². The van der Waals surface area contributed by atoms with E-state index in [1.807, 2.05) is 0 Å². The van der Waals surface area contributed by atoms with Gasteiger partial charge >= 0.3 is 0 Å². The second kappa shape index (κ2) is 8.26. The van der Waals surface area contributed by atoms with Gasteiger partial charge in [0.2, 0.25) is 0 Å². The highest BCUT2D eigenvalue weighted by Gasteiger charge is 2.29. The van der Waals surface area contributed by atoms with Crippen molar-refractivity contribution in [2.24, 2.45) is 11.7 Å². The van der Waals surface area contributed by atoms with Crippen LogP contribution in [0.1, 0.15) is 77.6 Å². The Morgan fingerprint density at radius 2 is 1.84 bits per heavy atom. The van der Waals surface area contributed by atoms with E-state index in [0.29, 0.717) is 0 Å². The summed E-state index contributed by atoms with van der Waals surface area (Å²) in [6.45, 7) is 4.55. The molecule has 1 aliphatic heterocycles. The van der Waals surface area contributed by atoms with Crippen molar-refractivity contribution in [3.63, 3.8) is 0 Å². The first kappa shape index (κ1) is 15.3. The van der Waals surface area contributed by atoms with Crippen LogP contribution >= 0.6 is 0 Å². The van der Waals surface area contributed by atoms with Crippen LogP contribution in [0.15, 0.2) is 0 Å². The summed E-state index contributed by atoms with van der Waals surface area (Å²) in [5, 5.41) is 0. The number of nitrogens with zero attached hydrogens (tertiary/aromatic N) is 1. The molecule has 1 aliphatic carbocycles. The molecule has 1 saturated carbocycles. The second-order valence-corrected chi connectivity index (χ2v) is 6.78. The largest absolute Gasteiger partial charge is 0.330 e. The highest BCUT2D eigenvalue weighted by molar-refractivity contribution is 4.85. The third-order valence-corrected chi connectivity index (χ3v) is 5.40. The lowest BCUT2D eigenvalue weighted by Gasteiger charge is -2.41. The van der Waals surface area contributed by atoms with E-state index in [0.717, 1.165) is 24.5 Å². The van der Waals surface area contributed by atoms with Crippen LogP contribution in [-0.2, 0) is 0 Å². The van der Waals surface area contributed by atoms with Gasteiger partial charge in [-0.05, 0) is 57.5 Å². The van der Waals surface area contributed by atoms with Gasteiger partial charge in [0.25, 0.3) is 0 Å². The van der Waals surface area contributed by atoms with Crippen molar-refractivity contribution in [1.82, 2.24) is 4.90 Å². The van der Waals surface area contributed by atoms with E-state index in [2.05, 4.69) is 11.8 Å². The van der Waals surface area contributed by atoms with Crippen LogP contribution in [0, 0.1) is 5.92 Å². The van der Waals surface area contributed by atoms with Crippen LogP contribution in [0.5, 0.6) is 0 Å². The fourth-order valence-electron chi connectivity index (χ4n) is 4.39. The maximum atomic E-state index is 5.82. The average molecular weight is 266 g/mol. The first-order chi connectivity index (χ1) is 9.35. The van der Waals surface area contributed by atoms with Crippen LogP contribution in [0.3, 0.4) is 0 Å². The molecule has 1 saturated heterocycles. The monoisotopic (exact) mass is 266 g/mol. The van der Waals surface area contributed by atoms with Crippen LogP contribution in [0.4, 0.5) is 0 Å². The Balaban J connectivity index is 1.88. The predicted octanol–water partition coefficient (Wildman–Crippen LogP) is 3.94. The minimum Gasteiger partial charge on any atom is -0.330 e. The molecule has 0 aromatic rings. The lowest BCUT2D eigenvalue weighted by atomic mass is 9.93. The molecular formula is C17H34N2. The van der Waals surface area contributed by atoms with Gasteiger partial charge in [-0.3, -0.25) is 4.90 Å². The molecule has 0 aromatic heterocycles. The smallest absolute Gasteiger partial charge is 0.0110 e. The Hall–Kier alpha value is -0.0800. The zero-order chi connectivity index (χ0) is 13.5. The molecule has 19 heavy (non-hydrogen) atoms. The van der Waals surface area contributed by atoms with Crippen molar-refractivity contribution < 1.29 is 0 Å². The van der Waals surface area contributed by atoms with E-state index in [-0.39, 0.29) is 0 Å². The summed E-state index contributed by atoms with van der Waals surface area (Å²) in [6, 6.07) is 1.67. The Kier molecular flexibility index (Phi) is 6.66. The molecule has 0 spiro atoms. The summed E-state index contributed by atoms with van der Waals surface area (Å²) < 4.78 is 0. The van der Waals surface area contributed by atoms with Gasteiger partial charge in [-0.15, -0.1) is 0 Å². The van der Waals surface area contributed by atoms with Gasteiger partial charge < -0.3 is 5.73 Å². The first-order valence-corrected chi connectivity index (χ1v) is 8.81. The topological polar surface area (TPSA) is 29.3 Å². The Morgan fingerprint density at radius 1 is 0.947 bits per heavy atom. The van der Waals surface area contributed by atoms with Gasteiger partial charge in [0.15, 0.2) is 0 Å². The molecule has 0 amide bonds. The van der Waals surface area contributed by atoms with Gasteiger partial charge in [-0.2, -0.15) is 0 Å². The lowest BCUT2D eigenvalue weighted by Crippen LogP contribution is -2.46. The van der Waals surface area contributed by atoms with E-state index in [4.69, 9.17) is 5.73 Å². The summed E-state index contributed by atoms with van der Waals surface area (Å²) in [5.74, 6) is 1.02. The Labute approximate surface area is 120 Å². The maximum Gasteiger partial charge on any atom is 0.0110 e. The summed E-state index contributed by atoms with van der Waals surface area (Å²) >= 11 is 0. The highest BCUT2D eigenvalue weighted by atomic mass is 15.2. The van der Waals surface area contributed by atoms with Crippen LogP contribution in [0.25, 0.3) is 0 Å². The summed E-state index contributed by atoms with van der Waals surface area (Å²) in [6.07, 6.45) is 15.6. The van der Waals surface area contributed by atoms with E-state index in [9.17, 15) is 0 Å². The minimum absolute atomic E-state index is 0.798. The summed E-state index contributed by atoms with van der Waals surface area (Å²) in [5.41, 5.74) is 5.82. The van der Waals surface area contributed by atoms with E-state index in [1.165, 1.54) is 77.2 Å². The fraction of sp³-hybridized carbons (Fsp3) is 1.00. The van der Waals surface area contributed by atoms with Crippen molar-refractivity contribution in [3.05, 3.63) is 0 Å². The second-order valence-electron chi connectivity index (χ2n) is 6.78. The summed E-state index contributed by atoms with van der Waals surface area (Å²) in [7, 11) is 0. The normalized spacial score (nSPS) is 34.1. The molecule has 3 atom stereocenters. The highest BCUT2D eigenvalue weighted by Crippen LogP contribution is 2.32. The lowest BCUT2D eigenvalue weighted by molar-refractivity contribution is 0.0806. The summed E-state index contributed by atoms with van der Waals surface area (Å²) in [4.78, 5) is 2.85. The Bertz CT molecular complexity index is 239. The number of hydrogen-bond acceptors (Lipinski definition) is 2. The molecule has 0 bridgehead atoms. The van der Waals surface area contributed by atoms with Crippen molar-refractivity contribution >= 4 is 0 Å². The molecule has 1 heterocycles. The van der Waals surface area contributed by atoms with Crippen molar-refractivity contribution in [2.45, 2.75) is 89.6 Å². The third-order valence-electron chi connectivity index (χ3n) is 5.40. The zero-order valence-electron chi connectivity index (χ0n) is 12.9. The third kappa shape index (κ3) is 4.46. The standard InChI is InChI=1S/C17H34N2/c1-2-6-15-7-5-9-16(11-10-15)19-14-4-3-8-17(19)12-13-18/h15-17H,2-14,18H2,1H3. The van der Waals surface area contributed by atoms with Gasteiger partial charge in [0.05, 0.1) is 0 Å². The van der Waals surface area contributed by atoms with Crippen molar-refractivity contribution in [2.75, 3.05) is 13.1 Å².